The van der Waals surface area contributed by atoms with Gasteiger partial charge < -0.3 is 10.4 Å². The number of carbonyl (C=O) groups is 1. The van der Waals surface area contributed by atoms with Gasteiger partial charge in [-0.2, -0.15) is 13.2 Å². The number of halogens is 4. The number of alkyl halides is 3. The molecule has 1 saturated heterocycles. The molecule has 2 rings (SSSR count). The predicted octanol–water partition coefficient (Wildman–Crippen LogP) is 3.00. The summed E-state index contributed by atoms with van der Waals surface area (Å²) in [7, 11) is 0. The molecule has 1 amide bonds. The molecule has 8 heteroatoms. The van der Waals surface area contributed by atoms with Crippen LogP contribution >= 0.6 is 11.6 Å². The zero-order valence-corrected chi connectivity index (χ0v) is 13.1. The number of hydrogen-bond acceptors (Lipinski definition) is 3. The molecule has 1 aliphatic heterocycles. The number of benzene rings is 1. The minimum atomic E-state index is -4.57. The van der Waals surface area contributed by atoms with Crippen LogP contribution < -0.4 is 5.32 Å². The molecule has 0 aliphatic carbocycles. The maximum Gasteiger partial charge on any atom is 0.417 e. The van der Waals surface area contributed by atoms with E-state index in [0.29, 0.717) is 13.1 Å². The molecule has 0 spiro atoms. The van der Waals surface area contributed by atoms with Crippen LogP contribution in [0.2, 0.25) is 5.02 Å². The molecule has 0 radical (unpaired) electrons. The van der Waals surface area contributed by atoms with Crippen molar-refractivity contribution in [2.45, 2.75) is 19.0 Å². The third-order valence-electron chi connectivity index (χ3n) is 3.89. The van der Waals surface area contributed by atoms with Crippen LogP contribution in [0.15, 0.2) is 18.2 Å². The topological polar surface area (TPSA) is 52.6 Å². The van der Waals surface area contributed by atoms with Crippen molar-refractivity contribution in [1.82, 2.24) is 4.90 Å². The Kier molecular flexibility index (Phi) is 5.89. The molecule has 4 nitrogen and oxygen atoms in total. The fourth-order valence-corrected chi connectivity index (χ4v) is 2.78. The third kappa shape index (κ3) is 5.09. The van der Waals surface area contributed by atoms with Gasteiger partial charge in [-0.3, -0.25) is 9.69 Å². The average molecular weight is 351 g/mol. The van der Waals surface area contributed by atoms with Crippen molar-refractivity contribution >= 4 is 23.2 Å². The quantitative estimate of drug-likeness (QED) is 0.877. The van der Waals surface area contributed by atoms with Crippen LogP contribution in [0.4, 0.5) is 18.9 Å². The van der Waals surface area contributed by atoms with E-state index < -0.39 is 16.8 Å². The molecule has 0 aromatic heterocycles. The molecule has 1 aliphatic rings. The number of nitrogens with zero attached hydrogens (tertiary/aromatic N) is 1. The molecule has 0 atom stereocenters. The lowest BCUT2D eigenvalue weighted by Crippen LogP contribution is -2.39. The SMILES string of the molecule is O=C(CN1CCC(CO)CC1)Nc1ccc(Cl)c(C(F)(F)F)c1. The number of hydrogen-bond donors (Lipinski definition) is 2. The number of aliphatic hydroxyl groups is 1. The number of anilines is 1. The normalized spacial score (nSPS) is 17.3. The van der Waals surface area contributed by atoms with E-state index >= 15 is 0 Å². The Bertz CT molecular complexity index is 558. The number of aliphatic hydroxyl groups excluding tert-OH is 1. The van der Waals surface area contributed by atoms with Crippen molar-refractivity contribution in [3.8, 4) is 0 Å². The lowest BCUT2D eigenvalue weighted by atomic mass is 9.98. The number of carbonyl (C=O) groups excluding carboxylic acids is 1. The van der Waals surface area contributed by atoms with Crippen molar-refractivity contribution in [2.75, 3.05) is 31.6 Å². The first-order chi connectivity index (χ1) is 10.8. The molecular weight excluding hydrogens is 333 g/mol. The van der Waals surface area contributed by atoms with Gasteiger partial charge in [-0.05, 0) is 50.0 Å². The number of amides is 1. The van der Waals surface area contributed by atoms with Crippen molar-refractivity contribution in [3.05, 3.63) is 28.8 Å². The van der Waals surface area contributed by atoms with Gasteiger partial charge in [-0.1, -0.05) is 11.6 Å². The summed E-state index contributed by atoms with van der Waals surface area (Å²) in [5.41, 5.74) is -0.905. The van der Waals surface area contributed by atoms with Gasteiger partial charge in [0.05, 0.1) is 17.1 Å². The summed E-state index contributed by atoms with van der Waals surface area (Å²) < 4.78 is 38.3. The highest BCUT2D eigenvalue weighted by Gasteiger charge is 2.33. The van der Waals surface area contributed by atoms with E-state index in [4.69, 9.17) is 16.7 Å². The highest BCUT2D eigenvalue weighted by molar-refractivity contribution is 6.31. The summed E-state index contributed by atoms with van der Waals surface area (Å²) in [6.45, 7) is 1.63. The maximum atomic E-state index is 12.8. The van der Waals surface area contributed by atoms with Gasteiger partial charge >= 0.3 is 6.18 Å². The highest BCUT2D eigenvalue weighted by atomic mass is 35.5. The van der Waals surface area contributed by atoms with Gasteiger partial charge in [-0.25, -0.2) is 0 Å². The molecule has 1 aromatic carbocycles. The van der Waals surface area contributed by atoms with Crippen molar-refractivity contribution in [2.24, 2.45) is 5.92 Å². The molecule has 23 heavy (non-hydrogen) atoms. The van der Waals surface area contributed by atoms with E-state index in [9.17, 15) is 18.0 Å². The second-order valence-corrected chi connectivity index (χ2v) is 6.05. The number of rotatable bonds is 4. The largest absolute Gasteiger partial charge is 0.417 e. The van der Waals surface area contributed by atoms with E-state index in [-0.39, 0.29) is 30.7 Å². The van der Waals surface area contributed by atoms with Crippen LogP contribution in [0.1, 0.15) is 18.4 Å². The molecule has 1 aromatic rings. The van der Waals surface area contributed by atoms with E-state index in [2.05, 4.69) is 5.32 Å². The fraction of sp³-hybridized carbons (Fsp3) is 0.533. The monoisotopic (exact) mass is 350 g/mol. The molecule has 2 N–H and O–H groups in total. The average Bonchev–Trinajstić information content (AvgIpc) is 2.49. The van der Waals surface area contributed by atoms with Crippen LogP contribution in [-0.4, -0.2) is 42.2 Å². The molecule has 1 fully saturated rings. The summed E-state index contributed by atoms with van der Waals surface area (Å²) in [6, 6.07) is 3.29. The number of likely N-dealkylation sites (tertiary alicyclic amines) is 1. The first-order valence-corrected chi connectivity index (χ1v) is 7.67. The zero-order chi connectivity index (χ0) is 17.0. The summed E-state index contributed by atoms with van der Waals surface area (Å²) in [6.07, 6.45) is -2.95. The van der Waals surface area contributed by atoms with E-state index in [1.165, 1.54) is 6.07 Å². The lowest BCUT2D eigenvalue weighted by molar-refractivity contribution is -0.137. The Morgan fingerprint density at radius 2 is 2.00 bits per heavy atom. The predicted molar refractivity (Wildman–Crippen MR) is 81.3 cm³/mol. The number of piperidine rings is 1. The van der Waals surface area contributed by atoms with Crippen molar-refractivity contribution in [1.29, 1.82) is 0 Å². The highest BCUT2D eigenvalue weighted by Crippen LogP contribution is 2.36. The van der Waals surface area contributed by atoms with E-state index in [1.54, 1.807) is 0 Å². The zero-order valence-electron chi connectivity index (χ0n) is 12.4. The minimum absolute atomic E-state index is 0.0666. The Labute approximate surface area is 137 Å². The fourth-order valence-electron chi connectivity index (χ4n) is 2.55. The molecule has 0 bridgehead atoms. The second kappa shape index (κ2) is 7.51. The Balaban J connectivity index is 1.93. The van der Waals surface area contributed by atoms with Gasteiger partial charge in [-0.15, -0.1) is 0 Å². The Hall–Kier alpha value is -1.31. The second-order valence-electron chi connectivity index (χ2n) is 5.64. The smallest absolute Gasteiger partial charge is 0.396 e. The van der Waals surface area contributed by atoms with Crippen molar-refractivity contribution < 1.29 is 23.1 Å². The summed E-state index contributed by atoms with van der Waals surface area (Å²) in [5, 5.41) is 11.1. The summed E-state index contributed by atoms with van der Waals surface area (Å²) in [4.78, 5) is 13.9. The lowest BCUT2D eigenvalue weighted by Gasteiger charge is -2.30. The van der Waals surface area contributed by atoms with Crippen LogP contribution in [0, 0.1) is 5.92 Å². The minimum Gasteiger partial charge on any atom is -0.396 e. The van der Waals surface area contributed by atoms with Gasteiger partial charge in [0.25, 0.3) is 0 Å². The molecule has 128 valence electrons. The van der Waals surface area contributed by atoms with Crippen LogP contribution in [0.5, 0.6) is 0 Å². The summed E-state index contributed by atoms with van der Waals surface area (Å²) >= 11 is 5.54. The first kappa shape index (κ1) is 18.0. The first-order valence-electron chi connectivity index (χ1n) is 7.29. The van der Waals surface area contributed by atoms with Crippen LogP contribution in [-0.2, 0) is 11.0 Å². The Morgan fingerprint density at radius 3 is 2.57 bits per heavy atom. The van der Waals surface area contributed by atoms with Crippen LogP contribution in [0.3, 0.4) is 0 Å². The van der Waals surface area contributed by atoms with Gasteiger partial charge in [0.2, 0.25) is 5.91 Å². The molecule has 0 unspecified atom stereocenters. The van der Waals surface area contributed by atoms with Gasteiger partial charge in [0.15, 0.2) is 0 Å². The number of nitrogens with one attached hydrogen (secondary N) is 1. The van der Waals surface area contributed by atoms with Crippen molar-refractivity contribution in [3.63, 3.8) is 0 Å². The summed E-state index contributed by atoms with van der Waals surface area (Å²) in [5.74, 6) is -0.109. The maximum absolute atomic E-state index is 12.8. The molecular formula is C15H18ClF3N2O2. The van der Waals surface area contributed by atoms with E-state index in [1.807, 2.05) is 4.90 Å². The van der Waals surface area contributed by atoms with Crippen LogP contribution in [0.25, 0.3) is 0 Å². The van der Waals surface area contributed by atoms with E-state index in [0.717, 1.165) is 25.0 Å². The van der Waals surface area contributed by atoms with Gasteiger partial charge in [0.1, 0.15) is 0 Å². The molecule has 0 saturated carbocycles. The third-order valence-corrected chi connectivity index (χ3v) is 4.22. The molecule has 1 heterocycles. The van der Waals surface area contributed by atoms with Gasteiger partial charge in [0, 0.05) is 12.3 Å². The standard InChI is InChI=1S/C15H18ClF3N2O2/c16-13-2-1-11(7-12(13)15(17,18)19)20-14(23)8-21-5-3-10(9-22)4-6-21/h1-2,7,10,22H,3-6,8-9H2,(H,20,23). The Morgan fingerprint density at radius 1 is 1.35 bits per heavy atom.